The summed E-state index contributed by atoms with van der Waals surface area (Å²) in [7, 11) is 0. The van der Waals surface area contributed by atoms with Crippen LogP contribution in [-0.2, 0) is 0 Å². The Hall–Kier alpha value is -2.18. The van der Waals surface area contributed by atoms with Crippen LogP contribution in [0.3, 0.4) is 0 Å². The number of carbonyl (C=O) groups is 1. The number of aliphatic hydroxyl groups is 1. The van der Waals surface area contributed by atoms with Crippen molar-refractivity contribution in [3.8, 4) is 5.69 Å². The second-order valence-corrected chi connectivity index (χ2v) is 6.14. The Morgan fingerprint density at radius 1 is 1.21 bits per heavy atom. The Bertz CT molecular complexity index is 663. The summed E-state index contributed by atoms with van der Waals surface area (Å²) in [6.07, 6.45) is 3.78. The standard InChI is InChI=1S/C18H24N4O2/c1-2-16(23)13-20-8-10-21(11-9-20)18(24)17-12-19-14-22(17)15-6-4-3-5-7-15/h3-7,12,14,16,23H,2,8-11,13H2,1H3/t16-/m1/s1. The first kappa shape index (κ1) is 16.7. The van der Waals surface area contributed by atoms with Crippen molar-refractivity contribution in [2.24, 2.45) is 0 Å². The van der Waals surface area contributed by atoms with Crippen LogP contribution < -0.4 is 0 Å². The molecular weight excluding hydrogens is 304 g/mol. The van der Waals surface area contributed by atoms with Crippen LogP contribution in [0, 0.1) is 0 Å². The highest BCUT2D eigenvalue weighted by molar-refractivity contribution is 5.93. The zero-order valence-corrected chi connectivity index (χ0v) is 14.0. The number of para-hydroxylation sites is 1. The zero-order chi connectivity index (χ0) is 16.9. The minimum atomic E-state index is -0.285. The average Bonchev–Trinajstić information content (AvgIpc) is 3.12. The van der Waals surface area contributed by atoms with Gasteiger partial charge in [-0.2, -0.15) is 0 Å². The van der Waals surface area contributed by atoms with Crippen molar-refractivity contribution in [2.75, 3.05) is 32.7 Å². The molecule has 2 aromatic rings. The van der Waals surface area contributed by atoms with E-state index in [-0.39, 0.29) is 12.0 Å². The van der Waals surface area contributed by atoms with Crippen molar-refractivity contribution in [3.63, 3.8) is 0 Å². The predicted molar refractivity (Wildman–Crippen MR) is 92.2 cm³/mol. The molecule has 0 bridgehead atoms. The molecular formula is C18H24N4O2. The number of carbonyl (C=O) groups excluding carboxylic acids is 1. The second kappa shape index (κ2) is 7.59. The molecule has 128 valence electrons. The van der Waals surface area contributed by atoms with Crippen LogP contribution in [-0.4, -0.2) is 69.2 Å². The van der Waals surface area contributed by atoms with E-state index in [2.05, 4.69) is 9.88 Å². The molecule has 0 radical (unpaired) electrons. The number of aromatic nitrogens is 2. The van der Waals surface area contributed by atoms with E-state index in [9.17, 15) is 9.90 Å². The van der Waals surface area contributed by atoms with Gasteiger partial charge in [-0.05, 0) is 18.6 Å². The fraction of sp³-hybridized carbons (Fsp3) is 0.444. The third kappa shape index (κ3) is 3.66. The van der Waals surface area contributed by atoms with Crippen LogP contribution >= 0.6 is 0 Å². The molecule has 0 saturated carbocycles. The van der Waals surface area contributed by atoms with Gasteiger partial charge in [-0.25, -0.2) is 4.98 Å². The molecule has 1 aromatic heterocycles. The van der Waals surface area contributed by atoms with Crippen LogP contribution in [0.1, 0.15) is 23.8 Å². The number of benzene rings is 1. The number of rotatable bonds is 5. The highest BCUT2D eigenvalue weighted by Gasteiger charge is 2.25. The van der Waals surface area contributed by atoms with E-state index in [1.54, 1.807) is 12.5 Å². The third-order valence-corrected chi connectivity index (χ3v) is 4.49. The predicted octanol–water partition coefficient (Wildman–Crippen LogP) is 1.40. The maximum atomic E-state index is 12.8. The van der Waals surface area contributed by atoms with Gasteiger partial charge in [0.2, 0.25) is 0 Å². The number of aliphatic hydroxyl groups excluding tert-OH is 1. The first-order valence-corrected chi connectivity index (χ1v) is 8.46. The molecule has 0 spiro atoms. The Morgan fingerprint density at radius 3 is 2.58 bits per heavy atom. The summed E-state index contributed by atoms with van der Waals surface area (Å²) in [4.78, 5) is 21.1. The Morgan fingerprint density at radius 2 is 1.92 bits per heavy atom. The number of imidazole rings is 1. The van der Waals surface area contributed by atoms with Crippen LogP contribution in [0.4, 0.5) is 0 Å². The molecule has 1 amide bonds. The van der Waals surface area contributed by atoms with Crippen molar-refractivity contribution < 1.29 is 9.90 Å². The first-order valence-electron chi connectivity index (χ1n) is 8.46. The SMILES string of the molecule is CC[C@@H](O)CN1CCN(C(=O)c2cncn2-c2ccccc2)CC1. The molecule has 6 nitrogen and oxygen atoms in total. The largest absolute Gasteiger partial charge is 0.392 e. The van der Waals surface area contributed by atoms with Crippen LogP contribution in [0.25, 0.3) is 5.69 Å². The van der Waals surface area contributed by atoms with Gasteiger partial charge in [-0.1, -0.05) is 25.1 Å². The van der Waals surface area contributed by atoms with Gasteiger partial charge in [-0.3, -0.25) is 14.3 Å². The molecule has 1 atom stereocenters. The monoisotopic (exact) mass is 328 g/mol. The van der Waals surface area contributed by atoms with Gasteiger partial charge in [0.05, 0.1) is 18.6 Å². The number of amides is 1. The van der Waals surface area contributed by atoms with E-state index in [0.717, 1.165) is 25.2 Å². The highest BCUT2D eigenvalue weighted by atomic mass is 16.3. The third-order valence-electron chi connectivity index (χ3n) is 4.49. The lowest BCUT2D eigenvalue weighted by Crippen LogP contribution is -2.50. The number of hydrogen-bond acceptors (Lipinski definition) is 4. The van der Waals surface area contributed by atoms with E-state index in [4.69, 9.17) is 0 Å². The van der Waals surface area contributed by atoms with Crippen molar-refractivity contribution in [2.45, 2.75) is 19.4 Å². The topological polar surface area (TPSA) is 61.6 Å². The van der Waals surface area contributed by atoms with Gasteiger partial charge in [0, 0.05) is 38.4 Å². The summed E-state index contributed by atoms with van der Waals surface area (Å²) in [5.74, 6) is 0.00652. The molecule has 1 fully saturated rings. The number of hydrogen-bond donors (Lipinski definition) is 1. The maximum absolute atomic E-state index is 12.8. The molecule has 0 aliphatic carbocycles. The van der Waals surface area contributed by atoms with Crippen LogP contribution in [0.2, 0.25) is 0 Å². The summed E-state index contributed by atoms with van der Waals surface area (Å²) >= 11 is 0. The molecule has 1 N–H and O–H groups in total. The molecule has 1 saturated heterocycles. The summed E-state index contributed by atoms with van der Waals surface area (Å²) in [6.45, 7) is 5.60. The average molecular weight is 328 g/mol. The normalized spacial score (nSPS) is 17.0. The Labute approximate surface area is 142 Å². The zero-order valence-electron chi connectivity index (χ0n) is 14.0. The van der Waals surface area contributed by atoms with Gasteiger partial charge in [-0.15, -0.1) is 0 Å². The van der Waals surface area contributed by atoms with Crippen molar-refractivity contribution in [1.82, 2.24) is 19.4 Å². The van der Waals surface area contributed by atoms with Crippen molar-refractivity contribution in [3.05, 3.63) is 48.5 Å². The molecule has 2 heterocycles. The summed E-state index contributed by atoms with van der Waals surface area (Å²) in [5, 5.41) is 9.76. The lowest BCUT2D eigenvalue weighted by molar-refractivity contribution is 0.0517. The lowest BCUT2D eigenvalue weighted by Gasteiger charge is -2.35. The van der Waals surface area contributed by atoms with Crippen LogP contribution in [0.15, 0.2) is 42.9 Å². The van der Waals surface area contributed by atoms with E-state index in [1.165, 1.54) is 0 Å². The van der Waals surface area contributed by atoms with Gasteiger partial charge in [0.15, 0.2) is 0 Å². The van der Waals surface area contributed by atoms with E-state index < -0.39 is 0 Å². The van der Waals surface area contributed by atoms with E-state index in [0.29, 0.717) is 25.3 Å². The first-order chi connectivity index (χ1) is 11.7. The van der Waals surface area contributed by atoms with Gasteiger partial charge < -0.3 is 10.0 Å². The van der Waals surface area contributed by atoms with Gasteiger partial charge >= 0.3 is 0 Å². The van der Waals surface area contributed by atoms with E-state index in [1.807, 2.05) is 46.7 Å². The fourth-order valence-electron chi connectivity index (χ4n) is 2.97. The number of nitrogens with zero attached hydrogens (tertiary/aromatic N) is 4. The summed E-state index contributed by atoms with van der Waals surface area (Å²) < 4.78 is 1.83. The quantitative estimate of drug-likeness (QED) is 0.901. The minimum Gasteiger partial charge on any atom is -0.392 e. The van der Waals surface area contributed by atoms with Gasteiger partial charge in [0.25, 0.3) is 5.91 Å². The molecule has 0 unspecified atom stereocenters. The van der Waals surface area contributed by atoms with Crippen molar-refractivity contribution >= 4 is 5.91 Å². The molecule has 1 aliphatic rings. The molecule has 1 aliphatic heterocycles. The maximum Gasteiger partial charge on any atom is 0.272 e. The lowest BCUT2D eigenvalue weighted by atomic mass is 10.2. The van der Waals surface area contributed by atoms with Crippen LogP contribution in [0.5, 0.6) is 0 Å². The number of β-amino-alcohol motifs (C(OH)–C–C–N with tert-alkyl or cyclic N) is 1. The highest BCUT2D eigenvalue weighted by Crippen LogP contribution is 2.14. The minimum absolute atomic E-state index is 0.00652. The summed E-state index contributed by atoms with van der Waals surface area (Å²) in [5.41, 5.74) is 1.52. The molecule has 24 heavy (non-hydrogen) atoms. The smallest absolute Gasteiger partial charge is 0.272 e. The number of piperazine rings is 1. The summed E-state index contributed by atoms with van der Waals surface area (Å²) in [6, 6.07) is 9.76. The van der Waals surface area contributed by atoms with E-state index >= 15 is 0 Å². The molecule has 1 aromatic carbocycles. The second-order valence-electron chi connectivity index (χ2n) is 6.14. The van der Waals surface area contributed by atoms with Crippen molar-refractivity contribution in [1.29, 1.82) is 0 Å². The Balaban J connectivity index is 1.66. The molecule has 3 rings (SSSR count). The van der Waals surface area contributed by atoms with Gasteiger partial charge in [0.1, 0.15) is 5.69 Å². The fourth-order valence-corrected chi connectivity index (χ4v) is 2.97. The Kier molecular flexibility index (Phi) is 5.27. The molecule has 6 heteroatoms.